The molecule has 0 fully saturated rings. The van der Waals surface area contributed by atoms with Crippen molar-refractivity contribution in [1.82, 2.24) is 0 Å². The van der Waals surface area contributed by atoms with Gasteiger partial charge in [-0.15, -0.1) is 0 Å². The molecule has 0 aromatic heterocycles. The lowest BCUT2D eigenvalue weighted by atomic mass is 10.0. The minimum Gasteiger partial charge on any atom is -0.504 e. The maximum atomic E-state index is 12.1. The van der Waals surface area contributed by atoms with Crippen LogP contribution >= 0.6 is 0 Å². The van der Waals surface area contributed by atoms with Crippen LogP contribution in [0.4, 0.5) is 0 Å². The molecule has 22 heavy (non-hydrogen) atoms. The van der Waals surface area contributed by atoms with E-state index in [2.05, 4.69) is 0 Å². The van der Waals surface area contributed by atoms with E-state index < -0.39 is 45.2 Å². The van der Waals surface area contributed by atoms with Crippen LogP contribution in [0.3, 0.4) is 0 Å². The van der Waals surface area contributed by atoms with E-state index in [1.54, 1.807) is 0 Å². The molecule has 10 heteroatoms. The largest absolute Gasteiger partial charge is 0.504 e. The number of rotatable bonds is 0. The van der Waals surface area contributed by atoms with Crippen molar-refractivity contribution in [2.45, 2.75) is 9.79 Å². The summed E-state index contributed by atoms with van der Waals surface area (Å²) in [4.78, 5) is -0.0262. The van der Waals surface area contributed by atoms with Crippen LogP contribution in [0.25, 0.3) is 11.1 Å². The Kier molecular flexibility index (Phi) is 2.43. The van der Waals surface area contributed by atoms with E-state index in [0.717, 1.165) is 12.1 Å². The fraction of sp³-hybridized carbons (Fsp3) is 0. The second-order valence-corrected chi connectivity index (χ2v) is 6.68. The van der Waals surface area contributed by atoms with Gasteiger partial charge in [-0.1, -0.05) is 0 Å². The van der Waals surface area contributed by atoms with Gasteiger partial charge < -0.3 is 28.8 Å². The first kappa shape index (κ1) is 13.2. The van der Waals surface area contributed by atoms with Crippen LogP contribution in [0.2, 0.25) is 0 Å². The minimum absolute atomic E-state index is 0.0131. The standard InChI is InChI=1S/C12H6O8S2/c13-3-1-5-7-8-6(22(18)20-11(7)9(3)15)2-4(14)10(16)12(8)19-21(5)17/h1-2,13-16H. The Morgan fingerprint density at radius 1 is 0.727 bits per heavy atom. The predicted octanol–water partition coefficient (Wildman–Crippen LogP) is 1.01. The number of benzene rings is 2. The highest BCUT2D eigenvalue weighted by Gasteiger charge is 2.40. The van der Waals surface area contributed by atoms with E-state index in [9.17, 15) is 28.8 Å². The second kappa shape index (κ2) is 4.05. The van der Waals surface area contributed by atoms with Crippen LogP contribution in [0.5, 0.6) is 34.5 Å². The van der Waals surface area contributed by atoms with E-state index in [-0.39, 0.29) is 32.4 Å². The lowest BCUT2D eigenvalue weighted by Crippen LogP contribution is -2.17. The van der Waals surface area contributed by atoms with Crippen LogP contribution in [0.15, 0.2) is 21.9 Å². The predicted molar refractivity (Wildman–Crippen MR) is 72.6 cm³/mol. The Bertz CT molecular complexity index is 845. The Hall–Kier alpha value is -2.46. The molecule has 2 aromatic rings. The summed E-state index contributed by atoms with van der Waals surface area (Å²) in [5.41, 5.74) is 0.166. The van der Waals surface area contributed by atoms with Gasteiger partial charge in [-0.2, -0.15) is 0 Å². The van der Waals surface area contributed by atoms with Crippen LogP contribution in [0, 0.1) is 0 Å². The maximum absolute atomic E-state index is 12.1. The van der Waals surface area contributed by atoms with E-state index >= 15 is 0 Å². The summed E-state index contributed by atoms with van der Waals surface area (Å²) in [7, 11) is 0. The van der Waals surface area contributed by atoms with Crippen molar-refractivity contribution in [2.24, 2.45) is 0 Å². The molecule has 2 aromatic carbocycles. The molecule has 8 nitrogen and oxygen atoms in total. The highest BCUT2D eigenvalue weighted by atomic mass is 32.2. The van der Waals surface area contributed by atoms with Crippen LogP contribution in [-0.2, 0) is 22.2 Å². The van der Waals surface area contributed by atoms with E-state index in [0.29, 0.717) is 0 Å². The molecule has 4 N–H and O–H groups in total. The molecule has 0 saturated carbocycles. The van der Waals surface area contributed by atoms with E-state index in [1.165, 1.54) is 0 Å². The molecule has 0 radical (unpaired) electrons. The average molecular weight is 342 g/mol. The van der Waals surface area contributed by atoms with E-state index in [1.807, 2.05) is 0 Å². The SMILES string of the molecule is O=S1Oc2c(O)c(O)cc3c2-c2c1cc(O)c(O)c2OS3=O. The van der Waals surface area contributed by atoms with Crippen molar-refractivity contribution in [3.05, 3.63) is 12.1 Å². The van der Waals surface area contributed by atoms with Gasteiger partial charge in [0.05, 0.1) is 20.9 Å². The third kappa shape index (κ3) is 1.45. The monoisotopic (exact) mass is 342 g/mol. The number of hydrogen-bond donors (Lipinski definition) is 4. The van der Waals surface area contributed by atoms with Gasteiger partial charge in [0.2, 0.25) is 33.7 Å². The normalized spacial score (nSPS) is 20.7. The third-order valence-electron chi connectivity index (χ3n) is 3.33. The molecule has 4 rings (SSSR count). The Morgan fingerprint density at radius 2 is 1.09 bits per heavy atom. The third-order valence-corrected chi connectivity index (χ3v) is 5.32. The summed E-state index contributed by atoms with van der Waals surface area (Å²) in [5, 5.41) is 39.1. The van der Waals surface area contributed by atoms with Crippen molar-refractivity contribution in [3.63, 3.8) is 0 Å². The quantitative estimate of drug-likeness (QED) is 0.521. The van der Waals surface area contributed by atoms with Gasteiger partial charge in [0.1, 0.15) is 0 Å². The Balaban J connectivity index is 2.24. The summed E-state index contributed by atoms with van der Waals surface area (Å²) in [5.74, 6) is -3.23. The molecule has 0 aliphatic carbocycles. The zero-order chi connectivity index (χ0) is 15.8. The molecule has 2 aliphatic rings. The molecule has 0 saturated heterocycles. The first-order valence-corrected chi connectivity index (χ1v) is 7.93. The van der Waals surface area contributed by atoms with Crippen LogP contribution in [0.1, 0.15) is 0 Å². The second-order valence-electron chi connectivity index (χ2n) is 4.53. The van der Waals surface area contributed by atoms with Crippen LogP contribution < -0.4 is 8.37 Å². The number of aromatic hydroxyl groups is 4. The fourth-order valence-electron chi connectivity index (χ4n) is 2.36. The molecular weight excluding hydrogens is 336 g/mol. The van der Waals surface area contributed by atoms with Crippen molar-refractivity contribution >= 4 is 22.2 Å². The summed E-state index contributed by atoms with van der Waals surface area (Å²) < 4.78 is 34.4. The highest BCUT2D eigenvalue weighted by molar-refractivity contribution is 7.81. The highest BCUT2D eigenvalue weighted by Crippen LogP contribution is 2.59. The van der Waals surface area contributed by atoms with Gasteiger partial charge in [-0.25, -0.2) is 8.42 Å². The van der Waals surface area contributed by atoms with Crippen molar-refractivity contribution in [3.8, 4) is 45.6 Å². The van der Waals surface area contributed by atoms with Gasteiger partial charge in [-0.3, -0.25) is 0 Å². The summed E-state index contributed by atoms with van der Waals surface area (Å²) in [6.45, 7) is 0. The molecule has 2 atom stereocenters. The minimum atomic E-state index is -2.13. The lowest BCUT2D eigenvalue weighted by Gasteiger charge is -2.28. The first-order valence-electron chi connectivity index (χ1n) is 5.78. The van der Waals surface area contributed by atoms with E-state index in [4.69, 9.17) is 8.37 Å². The summed E-state index contributed by atoms with van der Waals surface area (Å²) in [6.07, 6.45) is 0. The summed E-state index contributed by atoms with van der Waals surface area (Å²) >= 11 is -4.26. The van der Waals surface area contributed by atoms with Gasteiger partial charge in [0, 0.05) is 12.1 Å². The smallest absolute Gasteiger partial charge is 0.241 e. The molecule has 0 bridgehead atoms. The molecule has 114 valence electrons. The molecular formula is C12H6O8S2. The molecule has 0 amide bonds. The molecule has 2 unspecified atom stereocenters. The number of phenolic OH excluding ortho intramolecular Hbond substituents is 4. The average Bonchev–Trinajstić information content (AvgIpc) is 2.47. The van der Waals surface area contributed by atoms with Gasteiger partial charge in [0.15, 0.2) is 23.0 Å². The fourth-order valence-corrected chi connectivity index (χ4v) is 4.31. The van der Waals surface area contributed by atoms with Gasteiger partial charge in [-0.05, 0) is 0 Å². The first-order chi connectivity index (χ1) is 10.4. The zero-order valence-corrected chi connectivity index (χ0v) is 12.0. The van der Waals surface area contributed by atoms with Crippen LogP contribution in [-0.4, -0.2) is 28.8 Å². The summed E-state index contributed by atoms with van der Waals surface area (Å²) in [6, 6.07) is 2.05. The number of hydrogen-bond acceptors (Lipinski definition) is 8. The Labute approximate surface area is 127 Å². The molecule has 0 spiro atoms. The zero-order valence-electron chi connectivity index (χ0n) is 10.4. The van der Waals surface area contributed by atoms with Gasteiger partial charge >= 0.3 is 0 Å². The molecule has 2 aliphatic heterocycles. The van der Waals surface area contributed by atoms with Gasteiger partial charge in [0.25, 0.3) is 0 Å². The maximum Gasteiger partial charge on any atom is 0.241 e. The Morgan fingerprint density at radius 3 is 1.45 bits per heavy atom. The lowest BCUT2D eigenvalue weighted by molar-refractivity contribution is 0.379. The topological polar surface area (TPSA) is 134 Å². The number of phenols is 4. The molecule has 2 heterocycles. The van der Waals surface area contributed by atoms with Crippen molar-refractivity contribution < 1.29 is 37.2 Å². The van der Waals surface area contributed by atoms with Crippen molar-refractivity contribution in [2.75, 3.05) is 0 Å². The van der Waals surface area contributed by atoms with Crippen molar-refractivity contribution in [1.29, 1.82) is 0 Å².